The van der Waals surface area contributed by atoms with Crippen molar-refractivity contribution in [3.05, 3.63) is 76.3 Å². The van der Waals surface area contributed by atoms with Crippen LogP contribution in [0.15, 0.2) is 48.5 Å². The van der Waals surface area contributed by atoms with Crippen molar-refractivity contribution in [3.63, 3.8) is 0 Å². The van der Waals surface area contributed by atoms with Crippen LogP contribution in [0.25, 0.3) is 5.69 Å². The molecule has 1 N–H and O–H groups in total. The minimum atomic E-state index is -0.309. The van der Waals surface area contributed by atoms with Crippen LogP contribution in [0, 0.1) is 6.92 Å². The number of hydrogen-bond donors (Lipinski definition) is 1. The van der Waals surface area contributed by atoms with Gasteiger partial charge in [-0.1, -0.05) is 61.8 Å². The summed E-state index contributed by atoms with van der Waals surface area (Å²) in [5.74, 6) is 0.422. The second-order valence-corrected chi connectivity index (χ2v) is 7.17. The molecule has 0 radical (unpaired) electrons. The number of para-hydroxylation sites is 1. The average molecular weight is 412 g/mol. The Morgan fingerprint density at radius 1 is 1.07 bits per heavy atom. The van der Waals surface area contributed by atoms with Gasteiger partial charge in [0, 0.05) is 13.1 Å². The monoisotopic (exact) mass is 411 g/mol. The molecule has 0 aliphatic carbocycles. The second kappa shape index (κ2) is 9.67. The molecule has 2 aromatic carbocycles. The number of nitrogens with one attached hydrogen (secondary N) is 1. The largest absolute Gasteiger partial charge is 0.345 e. The lowest BCUT2D eigenvalue weighted by Gasteiger charge is -2.20. The Hall–Kier alpha value is -2.70. The molecular formula is C22H26ClN5O. The fourth-order valence-corrected chi connectivity index (χ4v) is 3.38. The number of aromatic nitrogens is 3. The van der Waals surface area contributed by atoms with Gasteiger partial charge in [-0.25, -0.2) is 9.67 Å². The predicted octanol–water partition coefficient (Wildman–Crippen LogP) is 4.00. The maximum atomic E-state index is 12.7. The molecule has 0 aliphatic rings. The van der Waals surface area contributed by atoms with Crippen LogP contribution in [0.2, 0.25) is 5.02 Å². The van der Waals surface area contributed by atoms with E-state index < -0.39 is 0 Å². The highest BCUT2D eigenvalue weighted by Crippen LogP contribution is 2.20. The van der Waals surface area contributed by atoms with E-state index in [2.05, 4.69) is 40.2 Å². The van der Waals surface area contributed by atoms with Crippen molar-refractivity contribution >= 4 is 17.5 Å². The van der Waals surface area contributed by atoms with Gasteiger partial charge in [0.05, 0.1) is 10.7 Å². The first-order chi connectivity index (χ1) is 14.0. The van der Waals surface area contributed by atoms with E-state index in [1.165, 1.54) is 5.56 Å². The predicted molar refractivity (Wildman–Crippen MR) is 115 cm³/mol. The number of rotatable bonds is 8. The van der Waals surface area contributed by atoms with E-state index in [1.807, 2.05) is 36.4 Å². The molecule has 1 heterocycles. The third-order valence-corrected chi connectivity index (χ3v) is 5.22. The van der Waals surface area contributed by atoms with Crippen molar-refractivity contribution in [1.29, 1.82) is 0 Å². The van der Waals surface area contributed by atoms with Gasteiger partial charge >= 0.3 is 0 Å². The lowest BCUT2D eigenvalue weighted by atomic mass is 10.1. The van der Waals surface area contributed by atoms with Gasteiger partial charge in [-0.15, -0.1) is 5.10 Å². The Kier molecular flexibility index (Phi) is 7.01. The molecule has 0 unspecified atom stereocenters. The Morgan fingerprint density at radius 3 is 2.41 bits per heavy atom. The molecule has 1 aromatic heterocycles. The van der Waals surface area contributed by atoms with Crippen LogP contribution < -0.4 is 5.32 Å². The lowest BCUT2D eigenvalue weighted by Crippen LogP contribution is -2.26. The average Bonchev–Trinajstić information content (AvgIpc) is 3.12. The van der Waals surface area contributed by atoms with E-state index >= 15 is 0 Å². The molecule has 6 nitrogen and oxygen atoms in total. The summed E-state index contributed by atoms with van der Waals surface area (Å²) in [4.78, 5) is 19.3. The van der Waals surface area contributed by atoms with Crippen LogP contribution in [0.4, 0.5) is 0 Å². The zero-order chi connectivity index (χ0) is 20.8. The SMILES string of the molecule is CCN(CC)Cc1ccccc1CNC(=O)c1nc(C)n(-c2ccccc2Cl)n1. The van der Waals surface area contributed by atoms with Crippen LogP contribution in [0.5, 0.6) is 0 Å². The van der Waals surface area contributed by atoms with E-state index in [-0.39, 0.29) is 11.7 Å². The summed E-state index contributed by atoms with van der Waals surface area (Å²) >= 11 is 6.25. The zero-order valence-electron chi connectivity index (χ0n) is 17.0. The summed E-state index contributed by atoms with van der Waals surface area (Å²) in [6.07, 6.45) is 0. The quantitative estimate of drug-likeness (QED) is 0.608. The van der Waals surface area contributed by atoms with E-state index in [0.29, 0.717) is 23.1 Å². The summed E-state index contributed by atoms with van der Waals surface area (Å²) in [5, 5.41) is 7.85. The van der Waals surface area contributed by atoms with Crippen LogP contribution in [-0.4, -0.2) is 38.7 Å². The van der Waals surface area contributed by atoms with Crippen LogP contribution >= 0.6 is 11.6 Å². The summed E-state index contributed by atoms with van der Waals surface area (Å²) in [7, 11) is 0. The van der Waals surface area contributed by atoms with Crippen molar-refractivity contribution in [3.8, 4) is 5.69 Å². The van der Waals surface area contributed by atoms with E-state index in [9.17, 15) is 4.79 Å². The minimum Gasteiger partial charge on any atom is -0.345 e. The number of carbonyl (C=O) groups is 1. The van der Waals surface area contributed by atoms with Crippen molar-refractivity contribution in [2.24, 2.45) is 0 Å². The summed E-state index contributed by atoms with van der Waals surface area (Å²) in [6.45, 7) is 9.36. The molecule has 3 aromatic rings. The molecule has 0 fully saturated rings. The lowest BCUT2D eigenvalue weighted by molar-refractivity contribution is 0.0940. The maximum Gasteiger partial charge on any atom is 0.291 e. The van der Waals surface area contributed by atoms with Gasteiger partial charge in [-0.3, -0.25) is 9.69 Å². The third kappa shape index (κ3) is 5.02. The second-order valence-electron chi connectivity index (χ2n) is 6.76. The third-order valence-electron chi connectivity index (χ3n) is 4.90. The fourth-order valence-electron chi connectivity index (χ4n) is 3.16. The molecule has 152 valence electrons. The highest BCUT2D eigenvalue weighted by Gasteiger charge is 2.17. The molecule has 7 heteroatoms. The first kappa shape index (κ1) is 21.0. The van der Waals surface area contributed by atoms with E-state index in [1.54, 1.807) is 17.7 Å². The maximum absolute atomic E-state index is 12.7. The molecule has 0 saturated heterocycles. The summed E-state index contributed by atoms with van der Waals surface area (Å²) in [5.41, 5.74) is 3.00. The number of halogens is 1. The molecule has 0 saturated carbocycles. The van der Waals surface area contributed by atoms with Crippen molar-refractivity contribution in [2.75, 3.05) is 13.1 Å². The number of amides is 1. The number of hydrogen-bond acceptors (Lipinski definition) is 4. The normalized spacial score (nSPS) is 11.1. The highest BCUT2D eigenvalue weighted by atomic mass is 35.5. The standard InChI is InChI=1S/C22H26ClN5O/c1-4-27(5-2)15-18-11-7-6-10-17(18)14-24-22(29)21-25-16(3)28(26-21)20-13-9-8-12-19(20)23/h6-13H,4-5,14-15H2,1-3H3,(H,24,29). The Morgan fingerprint density at radius 2 is 1.72 bits per heavy atom. The first-order valence-corrected chi connectivity index (χ1v) is 10.2. The van der Waals surface area contributed by atoms with Crippen LogP contribution in [0.3, 0.4) is 0 Å². The van der Waals surface area contributed by atoms with Crippen molar-refractivity contribution in [1.82, 2.24) is 25.0 Å². The van der Waals surface area contributed by atoms with Gasteiger partial charge in [0.25, 0.3) is 5.91 Å². The highest BCUT2D eigenvalue weighted by molar-refractivity contribution is 6.32. The Labute approximate surface area is 176 Å². The smallest absolute Gasteiger partial charge is 0.291 e. The number of benzene rings is 2. The molecule has 3 rings (SSSR count). The van der Waals surface area contributed by atoms with E-state index in [0.717, 1.165) is 25.2 Å². The van der Waals surface area contributed by atoms with Crippen molar-refractivity contribution in [2.45, 2.75) is 33.9 Å². The van der Waals surface area contributed by atoms with Crippen LogP contribution in [-0.2, 0) is 13.1 Å². The Bertz CT molecular complexity index is 981. The van der Waals surface area contributed by atoms with Gasteiger partial charge in [-0.2, -0.15) is 0 Å². The minimum absolute atomic E-state index is 0.128. The van der Waals surface area contributed by atoms with Gasteiger partial charge in [0.2, 0.25) is 5.82 Å². The zero-order valence-corrected chi connectivity index (χ0v) is 17.8. The number of nitrogens with zero attached hydrogens (tertiary/aromatic N) is 4. The molecular weight excluding hydrogens is 386 g/mol. The molecule has 29 heavy (non-hydrogen) atoms. The molecule has 1 amide bonds. The van der Waals surface area contributed by atoms with Gasteiger partial charge < -0.3 is 5.32 Å². The van der Waals surface area contributed by atoms with Gasteiger partial charge in [-0.05, 0) is 43.3 Å². The Balaban J connectivity index is 1.73. The van der Waals surface area contributed by atoms with Crippen molar-refractivity contribution < 1.29 is 4.79 Å². The molecule has 0 bridgehead atoms. The molecule has 0 spiro atoms. The number of aryl methyl sites for hydroxylation is 1. The van der Waals surface area contributed by atoms with Crippen LogP contribution in [0.1, 0.15) is 41.4 Å². The summed E-state index contributed by atoms with van der Waals surface area (Å²) < 4.78 is 1.59. The van der Waals surface area contributed by atoms with E-state index in [4.69, 9.17) is 11.6 Å². The first-order valence-electron chi connectivity index (χ1n) is 9.79. The topological polar surface area (TPSA) is 63.1 Å². The fraction of sp³-hybridized carbons (Fsp3) is 0.318. The number of carbonyl (C=O) groups excluding carboxylic acids is 1. The van der Waals surface area contributed by atoms with Gasteiger partial charge in [0.15, 0.2) is 0 Å². The molecule has 0 aliphatic heterocycles. The molecule has 0 atom stereocenters. The van der Waals surface area contributed by atoms with Gasteiger partial charge in [0.1, 0.15) is 5.82 Å². The summed E-state index contributed by atoms with van der Waals surface area (Å²) in [6, 6.07) is 15.5.